The summed E-state index contributed by atoms with van der Waals surface area (Å²) in [6.45, 7) is 0.119. The summed E-state index contributed by atoms with van der Waals surface area (Å²) in [5, 5.41) is 9.47. The molecule has 0 atom stereocenters. The van der Waals surface area contributed by atoms with E-state index in [1.807, 2.05) is 18.2 Å². The monoisotopic (exact) mass is 230 g/mol. The van der Waals surface area contributed by atoms with Crippen molar-refractivity contribution in [2.24, 2.45) is 0 Å². The van der Waals surface area contributed by atoms with Crippen LogP contribution in [-0.2, 0) is 11.5 Å². The van der Waals surface area contributed by atoms with E-state index in [0.29, 0.717) is 0 Å². The van der Waals surface area contributed by atoms with Gasteiger partial charge in [-0.2, -0.15) is 4.57 Å². The minimum atomic E-state index is -0.542. The van der Waals surface area contributed by atoms with Crippen molar-refractivity contribution in [3.8, 4) is 5.75 Å². The molecule has 0 saturated heterocycles. The maximum Gasteiger partial charge on any atom is 0.346 e. The molecule has 86 valence electrons. The fraction of sp³-hybridized carbons (Fsp3) is 0.0769. The normalized spacial score (nSPS) is 9.88. The van der Waals surface area contributed by atoms with Crippen molar-refractivity contribution in [3.05, 3.63) is 60.4 Å². The van der Waals surface area contributed by atoms with Crippen molar-refractivity contribution < 1.29 is 19.2 Å². The molecule has 0 radical (unpaired) electrons. The number of aromatic nitrogens is 1. The van der Waals surface area contributed by atoms with Crippen LogP contribution in [0.15, 0.2) is 54.9 Å². The smallest absolute Gasteiger partial charge is 0.346 e. The standard InChI is InChI=1S/C13H11NO3/c15-12-7-3-2-6-11(12)13(16)17-10-14-8-4-1-5-9-14/h1-9H,10H2/p+1. The highest BCUT2D eigenvalue weighted by atomic mass is 16.5. The van der Waals surface area contributed by atoms with E-state index in [0.717, 1.165) is 0 Å². The number of hydrogen-bond donors (Lipinski definition) is 1. The molecule has 17 heavy (non-hydrogen) atoms. The lowest BCUT2D eigenvalue weighted by molar-refractivity contribution is -0.727. The van der Waals surface area contributed by atoms with Crippen LogP contribution in [0.25, 0.3) is 0 Å². The Kier molecular flexibility index (Phi) is 3.35. The molecule has 0 aliphatic heterocycles. The second-order valence-electron chi connectivity index (χ2n) is 3.47. The quantitative estimate of drug-likeness (QED) is 0.642. The van der Waals surface area contributed by atoms with Crippen LogP contribution in [0.2, 0.25) is 0 Å². The Bertz CT molecular complexity index is 511. The average molecular weight is 230 g/mol. The number of aromatic hydroxyl groups is 1. The molecule has 0 aliphatic carbocycles. The molecule has 0 saturated carbocycles. The van der Waals surface area contributed by atoms with Crippen LogP contribution in [-0.4, -0.2) is 11.1 Å². The van der Waals surface area contributed by atoms with Gasteiger partial charge in [-0.25, -0.2) is 4.79 Å². The average Bonchev–Trinajstić information content (AvgIpc) is 2.38. The van der Waals surface area contributed by atoms with Crippen molar-refractivity contribution in [2.75, 3.05) is 0 Å². The van der Waals surface area contributed by atoms with E-state index in [2.05, 4.69) is 0 Å². The number of benzene rings is 1. The first-order chi connectivity index (χ1) is 8.27. The Morgan fingerprint density at radius 3 is 2.53 bits per heavy atom. The first-order valence-corrected chi connectivity index (χ1v) is 5.16. The van der Waals surface area contributed by atoms with Gasteiger partial charge in [0.1, 0.15) is 11.3 Å². The van der Waals surface area contributed by atoms with Crippen LogP contribution in [0.3, 0.4) is 0 Å². The van der Waals surface area contributed by atoms with Gasteiger partial charge in [-0.05, 0) is 12.1 Å². The van der Waals surface area contributed by atoms with Gasteiger partial charge in [0.15, 0.2) is 12.4 Å². The summed E-state index contributed by atoms with van der Waals surface area (Å²) in [7, 11) is 0. The number of carbonyl (C=O) groups is 1. The summed E-state index contributed by atoms with van der Waals surface area (Å²) >= 11 is 0. The first-order valence-electron chi connectivity index (χ1n) is 5.16. The summed E-state index contributed by atoms with van der Waals surface area (Å²) < 4.78 is 6.78. The number of ether oxygens (including phenoxy) is 1. The summed E-state index contributed by atoms with van der Waals surface area (Å²) in [5.41, 5.74) is 0.170. The number of hydrogen-bond acceptors (Lipinski definition) is 3. The minimum Gasteiger partial charge on any atom is -0.507 e. The van der Waals surface area contributed by atoms with E-state index in [-0.39, 0.29) is 18.0 Å². The zero-order chi connectivity index (χ0) is 12.1. The Labute approximate surface area is 98.7 Å². The summed E-state index contributed by atoms with van der Waals surface area (Å²) in [5.74, 6) is -0.616. The lowest BCUT2D eigenvalue weighted by Crippen LogP contribution is -2.34. The predicted molar refractivity (Wildman–Crippen MR) is 60.2 cm³/mol. The van der Waals surface area contributed by atoms with Crippen molar-refractivity contribution >= 4 is 5.97 Å². The summed E-state index contributed by atoms with van der Waals surface area (Å²) in [6.07, 6.45) is 3.58. The molecular weight excluding hydrogens is 218 g/mol. The Morgan fingerprint density at radius 2 is 1.82 bits per heavy atom. The maximum atomic E-state index is 11.6. The summed E-state index contributed by atoms with van der Waals surface area (Å²) in [4.78, 5) is 11.6. The number of para-hydroxylation sites is 1. The molecule has 0 amide bonds. The van der Waals surface area contributed by atoms with Crippen LogP contribution >= 0.6 is 0 Å². The number of nitrogens with zero attached hydrogens (tertiary/aromatic N) is 1. The maximum absolute atomic E-state index is 11.6. The third-order valence-corrected chi connectivity index (χ3v) is 2.25. The topological polar surface area (TPSA) is 50.4 Å². The molecule has 1 N–H and O–H groups in total. The van der Waals surface area contributed by atoms with Crippen molar-refractivity contribution in [3.63, 3.8) is 0 Å². The number of phenols is 1. The van der Waals surface area contributed by atoms with Gasteiger partial charge in [-0.1, -0.05) is 18.2 Å². The van der Waals surface area contributed by atoms with Crippen molar-refractivity contribution in [1.29, 1.82) is 0 Å². The minimum absolute atomic E-state index is 0.0736. The summed E-state index contributed by atoms with van der Waals surface area (Å²) in [6, 6.07) is 11.9. The molecule has 4 nitrogen and oxygen atoms in total. The van der Waals surface area contributed by atoms with Gasteiger partial charge in [0.05, 0.1) is 0 Å². The molecule has 2 aromatic rings. The largest absolute Gasteiger partial charge is 0.507 e. The fourth-order valence-corrected chi connectivity index (χ4v) is 1.38. The molecule has 1 aromatic carbocycles. The van der Waals surface area contributed by atoms with E-state index in [9.17, 15) is 9.90 Å². The SMILES string of the molecule is O=C(OC[n+]1ccccc1)c1ccccc1O. The number of esters is 1. The molecule has 0 aliphatic rings. The van der Waals surface area contributed by atoms with Gasteiger partial charge in [0.25, 0.3) is 6.73 Å². The molecule has 0 fully saturated rings. The number of rotatable bonds is 3. The van der Waals surface area contributed by atoms with Gasteiger partial charge in [-0.3, -0.25) is 0 Å². The van der Waals surface area contributed by atoms with Gasteiger partial charge < -0.3 is 9.84 Å². The third-order valence-electron chi connectivity index (χ3n) is 2.25. The van der Waals surface area contributed by atoms with E-state index >= 15 is 0 Å². The van der Waals surface area contributed by atoms with Gasteiger partial charge in [0.2, 0.25) is 0 Å². The number of pyridine rings is 1. The zero-order valence-corrected chi connectivity index (χ0v) is 9.11. The second-order valence-corrected chi connectivity index (χ2v) is 3.47. The number of phenolic OH excluding ortho intramolecular Hbond substituents is 1. The highest BCUT2D eigenvalue weighted by Gasteiger charge is 2.13. The van der Waals surface area contributed by atoms with E-state index in [1.54, 1.807) is 29.1 Å². The zero-order valence-electron chi connectivity index (χ0n) is 9.11. The lowest BCUT2D eigenvalue weighted by atomic mass is 10.2. The number of carbonyl (C=O) groups excluding carboxylic acids is 1. The molecule has 1 heterocycles. The van der Waals surface area contributed by atoms with Gasteiger partial charge >= 0.3 is 5.97 Å². The molecule has 4 heteroatoms. The van der Waals surface area contributed by atoms with Crippen molar-refractivity contribution in [2.45, 2.75) is 6.73 Å². The van der Waals surface area contributed by atoms with Gasteiger partial charge in [0, 0.05) is 12.1 Å². The van der Waals surface area contributed by atoms with Crippen LogP contribution in [0, 0.1) is 0 Å². The van der Waals surface area contributed by atoms with Crippen LogP contribution in [0.5, 0.6) is 5.75 Å². The molecule has 1 aromatic heterocycles. The second kappa shape index (κ2) is 5.12. The lowest BCUT2D eigenvalue weighted by Gasteiger charge is -2.03. The van der Waals surface area contributed by atoms with E-state index in [4.69, 9.17) is 4.74 Å². The van der Waals surface area contributed by atoms with E-state index in [1.165, 1.54) is 12.1 Å². The van der Waals surface area contributed by atoms with Crippen LogP contribution in [0.4, 0.5) is 0 Å². The molecule has 0 unspecified atom stereocenters. The molecule has 0 spiro atoms. The van der Waals surface area contributed by atoms with Crippen LogP contribution < -0.4 is 4.57 Å². The highest BCUT2D eigenvalue weighted by Crippen LogP contribution is 2.16. The van der Waals surface area contributed by atoms with Crippen molar-refractivity contribution in [1.82, 2.24) is 0 Å². The Hall–Kier alpha value is -2.36. The first kappa shape index (κ1) is 11.1. The molecule has 2 rings (SSSR count). The Balaban J connectivity index is 2.01. The molecular formula is C13H12NO3+. The van der Waals surface area contributed by atoms with Gasteiger partial charge in [-0.15, -0.1) is 0 Å². The predicted octanol–water partition coefficient (Wildman–Crippen LogP) is 1.49. The van der Waals surface area contributed by atoms with Crippen LogP contribution in [0.1, 0.15) is 10.4 Å². The Morgan fingerprint density at radius 1 is 1.12 bits per heavy atom. The fourth-order valence-electron chi connectivity index (χ4n) is 1.38. The highest BCUT2D eigenvalue weighted by molar-refractivity contribution is 5.92. The molecule has 0 bridgehead atoms. The van der Waals surface area contributed by atoms with E-state index < -0.39 is 5.97 Å². The third kappa shape index (κ3) is 2.81.